The van der Waals surface area contributed by atoms with Crippen LogP contribution in [0.5, 0.6) is 5.75 Å². The highest BCUT2D eigenvalue weighted by Crippen LogP contribution is 2.13. The summed E-state index contributed by atoms with van der Waals surface area (Å²) >= 11 is 0. The van der Waals surface area contributed by atoms with Crippen molar-refractivity contribution in [3.63, 3.8) is 0 Å². The fourth-order valence-corrected chi connectivity index (χ4v) is 2.55. The molecule has 3 N–H and O–H groups in total. The molecule has 0 aromatic heterocycles. The van der Waals surface area contributed by atoms with Gasteiger partial charge in [0.15, 0.2) is 12.6 Å². The lowest BCUT2D eigenvalue weighted by Gasteiger charge is -2.13. The maximum Gasteiger partial charge on any atom is 0.257 e. The lowest BCUT2D eigenvalue weighted by atomic mass is 10.1. The zero-order chi connectivity index (χ0) is 20.4. The minimum Gasteiger partial charge on any atom is -0.484 e. The Kier molecular flexibility index (Phi) is 11.0. The van der Waals surface area contributed by atoms with Crippen LogP contribution in [0.3, 0.4) is 0 Å². The standard InChI is InChI=1S/C21H27FN4O2.HI/c1-4-24-20(27)14-28-18-7-5-6-16(11-18)12-25-21(23-3)26-13-17-8-9-19(22)15(2)10-17;/h5-11H,4,12-14H2,1-3H3,(H,24,27)(H2,23,25,26);1H. The number of rotatable bonds is 8. The molecule has 0 fully saturated rings. The first-order valence-corrected chi connectivity index (χ1v) is 9.19. The maximum atomic E-state index is 13.4. The number of likely N-dealkylation sites (N-methyl/N-ethyl adjacent to an activating group) is 1. The molecule has 2 rings (SSSR count). The summed E-state index contributed by atoms with van der Waals surface area (Å²) < 4.78 is 18.9. The minimum atomic E-state index is -0.208. The van der Waals surface area contributed by atoms with E-state index in [-0.39, 0.29) is 42.3 Å². The van der Waals surface area contributed by atoms with Gasteiger partial charge < -0.3 is 20.7 Å². The summed E-state index contributed by atoms with van der Waals surface area (Å²) in [7, 11) is 1.69. The van der Waals surface area contributed by atoms with E-state index in [9.17, 15) is 9.18 Å². The van der Waals surface area contributed by atoms with Crippen molar-refractivity contribution in [3.8, 4) is 5.75 Å². The maximum absolute atomic E-state index is 13.4. The fourth-order valence-electron chi connectivity index (χ4n) is 2.55. The fraction of sp³-hybridized carbons (Fsp3) is 0.333. The molecule has 8 heteroatoms. The third-order valence-electron chi connectivity index (χ3n) is 4.01. The van der Waals surface area contributed by atoms with Crippen molar-refractivity contribution in [2.75, 3.05) is 20.2 Å². The topological polar surface area (TPSA) is 74.8 Å². The molecule has 0 bridgehead atoms. The second kappa shape index (κ2) is 13.0. The van der Waals surface area contributed by atoms with E-state index < -0.39 is 0 Å². The van der Waals surface area contributed by atoms with Crippen LogP contribution >= 0.6 is 24.0 Å². The predicted octanol–water partition coefficient (Wildman–Crippen LogP) is 3.13. The van der Waals surface area contributed by atoms with Gasteiger partial charge in [-0.25, -0.2) is 4.39 Å². The van der Waals surface area contributed by atoms with Gasteiger partial charge in [0, 0.05) is 26.7 Å². The summed E-state index contributed by atoms with van der Waals surface area (Å²) in [5.74, 6) is 0.915. The van der Waals surface area contributed by atoms with E-state index in [1.165, 1.54) is 6.07 Å². The monoisotopic (exact) mass is 514 g/mol. The number of benzene rings is 2. The van der Waals surface area contributed by atoms with Gasteiger partial charge in [0.2, 0.25) is 0 Å². The third-order valence-corrected chi connectivity index (χ3v) is 4.01. The molecule has 0 saturated carbocycles. The number of guanidine groups is 1. The van der Waals surface area contributed by atoms with Gasteiger partial charge in [-0.2, -0.15) is 0 Å². The summed E-state index contributed by atoms with van der Waals surface area (Å²) in [4.78, 5) is 15.7. The molecule has 0 saturated heterocycles. The van der Waals surface area contributed by atoms with Crippen molar-refractivity contribution in [2.45, 2.75) is 26.9 Å². The number of carbonyl (C=O) groups is 1. The molecule has 6 nitrogen and oxygen atoms in total. The highest BCUT2D eigenvalue weighted by atomic mass is 127. The number of hydrogen-bond donors (Lipinski definition) is 3. The van der Waals surface area contributed by atoms with Crippen LogP contribution in [0.4, 0.5) is 4.39 Å². The molecule has 0 spiro atoms. The van der Waals surface area contributed by atoms with Gasteiger partial charge in [0.1, 0.15) is 11.6 Å². The Morgan fingerprint density at radius 3 is 2.38 bits per heavy atom. The second-order valence-electron chi connectivity index (χ2n) is 6.25. The highest BCUT2D eigenvalue weighted by molar-refractivity contribution is 14.0. The van der Waals surface area contributed by atoms with Crippen molar-refractivity contribution < 1.29 is 13.9 Å². The Balaban J connectivity index is 0.00000420. The van der Waals surface area contributed by atoms with Crippen LogP contribution in [0.1, 0.15) is 23.6 Å². The number of amides is 1. The van der Waals surface area contributed by atoms with Crippen LogP contribution < -0.4 is 20.7 Å². The van der Waals surface area contributed by atoms with E-state index in [0.29, 0.717) is 36.9 Å². The van der Waals surface area contributed by atoms with Gasteiger partial charge in [-0.05, 0) is 48.7 Å². The summed E-state index contributed by atoms with van der Waals surface area (Å²) in [6.45, 7) is 5.26. The second-order valence-corrected chi connectivity index (χ2v) is 6.25. The molecule has 0 atom stereocenters. The molecular formula is C21H28FIN4O2. The average Bonchev–Trinajstić information content (AvgIpc) is 2.69. The van der Waals surface area contributed by atoms with Crippen LogP contribution in [-0.2, 0) is 17.9 Å². The highest BCUT2D eigenvalue weighted by Gasteiger charge is 2.04. The number of aryl methyl sites for hydroxylation is 1. The average molecular weight is 514 g/mol. The van der Waals surface area contributed by atoms with E-state index in [0.717, 1.165) is 11.1 Å². The molecule has 158 valence electrons. The minimum absolute atomic E-state index is 0. The van der Waals surface area contributed by atoms with Gasteiger partial charge >= 0.3 is 0 Å². The van der Waals surface area contributed by atoms with E-state index in [2.05, 4.69) is 20.9 Å². The van der Waals surface area contributed by atoms with Crippen molar-refractivity contribution in [1.82, 2.24) is 16.0 Å². The molecule has 0 unspecified atom stereocenters. The summed E-state index contributed by atoms with van der Waals surface area (Å²) in [6.07, 6.45) is 0. The number of ether oxygens (including phenoxy) is 1. The number of aliphatic imine (C=N–C) groups is 1. The van der Waals surface area contributed by atoms with Crippen LogP contribution in [0.25, 0.3) is 0 Å². The molecule has 0 aliphatic rings. The molecule has 1 amide bonds. The quantitative estimate of drug-likeness (QED) is 0.288. The molecule has 0 radical (unpaired) electrons. The summed E-state index contributed by atoms with van der Waals surface area (Å²) in [5, 5.41) is 9.12. The van der Waals surface area contributed by atoms with Gasteiger partial charge in [0.05, 0.1) is 0 Å². The Morgan fingerprint density at radius 1 is 1.07 bits per heavy atom. The lowest BCUT2D eigenvalue weighted by Crippen LogP contribution is -2.36. The SMILES string of the molecule is CCNC(=O)COc1cccc(CNC(=NC)NCc2ccc(F)c(C)c2)c1.I. The van der Waals surface area contributed by atoms with Crippen molar-refractivity contribution >= 4 is 35.8 Å². The van der Waals surface area contributed by atoms with Gasteiger partial charge in [-0.1, -0.05) is 24.3 Å². The zero-order valence-corrected chi connectivity index (χ0v) is 19.3. The summed E-state index contributed by atoms with van der Waals surface area (Å²) in [6, 6.07) is 12.6. The third kappa shape index (κ3) is 8.68. The van der Waals surface area contributed by atoms with Gasteiger partial charge in [-0.15, -0.1) is 24.0 Å². The van der Waals surface area contributed by atoms with Crippen LogP contribution in [-0.4, -0.2) is 32.1 Å². The van der Waals surface area contributed by atoms with Crippen molar-refractivity contribution in [1.29, 1.82) is 0 Å². The first-order chi connectivity index (χ1) is 13.5. The molecule has 29 heavy (non-hydrogen) atoms. The number of halogens is 2. The molecule has 0 heterocycles. The Labute approximate surface area is 188 Å². The Bertz CT molecular complexity index is 830. The normalized spacial score (nSPS) is 10.7. The van der Waals surface area contributed by atoms with Crippen LogP contribution in [0.2, 0.25) is 0 Å². The Hall–Kier alpha value is -2.36. The summed E-state index contributed by atoms with van der Waals surface area (Å²) in [5.41, 5.74) is 2.59. The predicted molar refractivity (Wildman–Crippen MR) is 124 cm³/mol. The number of nitrogens with one attached hydrogen (secondary N) is 3. The number of nitrogens with zero attached hydrogens (tertiary/aromatic N) is 1. The zero-order valence-electron chi connectivity index (χ0n) is 16.9. The largest absolute Gasteiger partial charge is 0.484 e. The molecular weight excluding hydrogens is 486 g/mol. The number of carbonyl (C=O) groups excluding carboxylic acids is 1. The van der Waals surface area contributed by atoms with Crippen LogP contribution in [0, 0.1) is 12.7 Å². The first kappa shape index (κ1) is 24.7. The molecule has 2 aromatic carbocycles. The first-order valence-electron chi connectivity index (χ1n) is 9.19. The van der Waals surface area contributed by atoms with E-state index >= 15 is 0 Å². The van der Waals surface area contributed by atoms with Gasteiger partial charge in [0.25, 0.3) is 5.91 Å². The van der Waals surface area contributed by atoms with E-state index in [4.69, 9.17) is 4.74 Å². The van der Waals surface area contributed by atoms with Crippen molar-refractivity contribution in [3.05, 3.63) is 65.0 Å². The molecule has 0 aliphatic heterocycles. The van der Waals surface area contributed by atoms with Gasteiger partial charge in [-0.3, -0.25) is 9.79 Å². The van der Waals surface area contributed by atoms with E-state index in [1.54, 1.807) is 20.0 Å². The molecule has 0 aliphatic carbocycles. The Morgan fingerprint density at radius 2 is 1.76 bits per heavy atom. The van der Waals surface area contributed by atoms with E-state index in [1.807, 2.05) is 37.3 Å². The van der Waals surface area contributed by atoms with Crippen LogP contribution in [0.15, 0.2) is 47.5 Å². The smallest absolute Gasteiger partial charge is 0.257 e. The number of hydrogen-bond acceptors (Lipinski definition) is 3. The van der Waals surface area contributed by atoms with Crippen molar-refractivity contribution in [2.24, 2.45) is 4.99 Å². The lowest BCUT2D eigenvalue weighted by molar-refractivity contribution is -0.122. The molecule has 2 aromatic rings.